The van der Waals surface area contributed by atoms with Gasteiger partial charge in [0, 0.05) is 67.0 Å². The standard InChI is InChI=1S/C36H37F2N3O6/c1-21(2)41-30(17-16-28(42)19-29(43)20-31(44)45)32(22-8-12-25(37)13-9-22)33(23-10-14-26(38)15-11-23)34(41)35(46)39-27-7-5-6-24(18-27)36(47)40(3)4/h5-18,21,28-29,42-43H,19-20H2,1-4H3,(H,39,46)(H,44,45)/p-1/b17-16+/t28-,29-/m1/s1. The number of aliphatic carboxylic acids is 1. The van der Waals surface area contributed by atoms with Crippen LogP contribution >= 0.6 is 0 Å². The largest absolute Gasteiger partial charge is 0.550 e. The zero-order chi connectivity index (χ0) is 34.4. The number of nitrogens with zero attached hydrogens (tertiary/aromatic N) is 2. The molecule has 4 aromatic rings. The van der Waals surface area contributed by atoms with Crippen molar-refractivity contribution in [3.8, 4) is 22.3 Å². The number of carboxylic acids is 1. The van der Waals surface area contributed by atoms with Crippen LogP contribution in [0.1, 0.15) is 59.3 Å². The molecule has 246 valence electrons. The normalized spacial score (nSPS) is 12.7. The number of aliphatic hydroxyl groups excluding tert-OH is 2. The Labute approximate surface area is 271 Å². The fourth-order valence-corrected chi connectivity index (χ4v) is 5.35. The Balaban J connectivity index is 1.96. The molecule has 0 aliphatic rings. The monoisotopic (exact) mass is 644 g/mol. The number of carbonyl (C=O) groups is 3. The predicted octanol–water partition coefficient (Wildman–Crippen LogP) is 4.90. The fraction of sp³-hybridized carbons (Fsp3) is 0.250. The van der Waals surface area contributed by atoms with E-state index >= 15 is 0 Å². The van der Waals surface area contributed by atoms with Gasteiger partial charge in [0.15, 0.2) is 0 Å². The minimum atomic E-state index is -1.46. The average Bonchev–Trinajstić information content (AvgIpc) is 3.35. The number of aromatic nitrogens is 1. The summed E-state index contributed by atoms with van der Waals surface area (Å²) in [5.74, 6) is -3.25. The molecule has 4 rings (SSSR count). The van der Waals surface area contributed by atoms with Crippen molar-refractivity contribution >= 4 is 29.5 Å². The summed E-state index contributed by atoms with van der Waals surface area (Å²) in [7, 11) is 3.23. The number of hydrogen-bond donors (Lipinski definition) is 3. The Bertz CT molecular complexity index is 1780. The summed E-state index contributed by atoms with van der Waals surface area (Å²) in [5, 5.41) is 34.5. The van der Waals surface area contributed by atoms with Gasteiger partial charge in [-0.2, -0.15) is 0 Å². The van der Waals surface area contributed by atoms with E-state index in [-0.39, 0.29) is 24.1 Å². The van der Waals surface area contributed by atoms with Crippen LogP contribution in [0.25, 0.3) is 28.3 Å². The van der Waals surface area contributed by atoms with Crippen molar-refractivity contribution in [2.24, 2.45) is 0 Å². The number of nitrogens with one attached hydrogen (secondary N) is 1. The summed E-state index contributed by atoms with van der Waals surface area (Å²) in [6.45, 7) is 3.68. The van der Waals surface area contributed by atoms with Crippen LogP contribution in [0.15, 0.2) is 78.9 Å². The van der Waals surface area contributed by atoms with Crippen molar-refractivity contribution < 1.29 is 38.5 Å². The van der Waals surface area contributed by atoms with E-state index in [4.69, 9.17) is 0 Å². The van der Waals surface area contributed by atoms with Crippen molar-refractivity contribution in [1.29, 1.82) is 0 Å². The highest BCUT2D eigenvalue weighted by Gasteiger charge is 2.30. The highest BCUT2D eigenvalue weighted by molar-refractivity contribution is 6.12. The molecule has 0 aliphatic carbocycles. The third-order valence-corrected chi connectivity index (χ3v) is 7.41. The van der Waals surface area contributed by atoms with Crippen molar-refractivity contribution in [3.63, 3.8) is 0 Å². The molecule has 0 radical (unpaired) electrons. The summed E-state index contributed by atoms with van der Waals surface area (Å²) < 4.78 is 30.0. The molecular formula is C36H36F2N3O6-. The van der Waals surface area contributed by atoms with E-state index in [2.05, 4.69) is 5.32 Å². The van der Waals surface area contributed by atoms with Crippen molar-refractivity contribution in [1.82, 2.24) is 9.47 Å². The lowest BCUT2D eigenvalue weighted by atomic mass is 9.94. The first-order valence-corrected chi connectivity index (χ1v) is 14.9. The number of carbonyl (C=O) groups excluding carboxylic acids is 3. The molecule has 11 heteroatoms. The Morgan fingerprint density at radius 2 is 1.49 bits per heavy atom. The van der Waals surface area contributed by atoms with Crippen LogP contribution < -0.4 is 10.4 Å². The van der Waals surface area contributed by atoms with Gasteiger partial charge < -0.3 is 34.9 Å². The SMILES string of the molecule is CC(C)n1c(/C=C/[C@@H](O)C[C@@H](O)CC(=O)[O-])c(-c2ccc(F)cc2)c(-c2ccc(F)cc2)c1C(=O)Nc1cccc(C(=O)N(C)C)c1. The number of halogens is 2. The highest BCUT2D eigenvalue weighted by Crippen LogP contribution is 2.43. The zero-order valence-electron chi connectivity index (χ0n) is 26.4. The maximum Gasteiger partial charge on any atom is 0.272 e. The van der Waals surface area contributed by atoms with Gasteiger partial charge in [-0.15, -0.1) is 0 Å². The van der Waals surface area contributed by atoms with Gasteiger partial charge in [0.1, 0.15) is 17.3 Å². The van der Waals surface area contributed by atoms with Gasteiger partial charge in [0.25, 0.3) is 11.8 Å². The number of carboxylic acid groups (broad SMARTS) is 1. The maximum absolute atomic E-state index is 14.3. The minimum absolute atomic E-state index is 0.168. The van der Waals surface area contributed by atoms with Crippen LogP contribution in [0.2, 0.25) is 0 Å². The van der Waals surface area contributed by atoms with E-state index in [1.165, 1.54) is 59.5 Å². The molecule has 0 bridgehead atoms. The summed E-state index contributed by atoms with van der Waals surface area (Å²) >= 11 is 0. The minimum Gasteiger partial charge on any atom is -0.550 e. The van der Waals surface area contributed by atoms with E-state index in [1.54, 1.807) is 49.0 Å². The Morgan fingerprint density at radius 1 is 0.915 bits per heavy atom. The van der Waals surface area contributed by atoms with Crippen LogP contribution in [-0.2, 0) is 4.79 Å². The van der Waals surface area contributed by atoms with Gasteiger partial charge in [-0.05, 0) is 73.5 Å². The fourth-order valence-electron chi connectivity index (χ4n) is 5.35. The van der Waals surface area contributed by atoms with E-state index < -0.39 is 42.1 Å². The number of rotatable bonds is 12. The van der Waals surface area contributed by atoms with Gasteiger partial charge in [0.05, 0.1) is 12.2 Å². The second-order valence-electron chi connectivity index (χ2n) is 11.6. The molecular weight excluding hydrogens is 608 g/mol. The molecule has 2 amide bonds. The highest BCUT2D eigenvalue weighted by atomic mass is 19.1. The lowest BCUT2D eigenvalue weighted by molar-refractivity contribution is -0.307. The smallest absolute Gasteiger partial charge is 0.272 e. The van der Waals surface area contributed by atoms with Crippen molar-refractivity contribution in [2.45, 2.75) is 44.9 Å². The summed E-state index contributed by atoms with van der Waals surface area (Å²) in [5.41, 5.74) is 3.18. The van der Waals surface area contributed by atoms with Gasteiger partial charge in [-0.1, -0.05) is 36.4 Å². The second-order valence-corrected chi connectivity index (χ2v) is 11.6. The van der Waals surface area contributed by atoms with Gasteiger partial charge in [-0.3, -0.25) is 9.59 Å². The van der Waals surface area contributed by atoms with Crippen molar-refractivity contribution in [3.05, 3.63) is 107 Å². The molecule has 9 nitrogen and oxygen atoms in total. The van der Waals surface area contributed by atoms with E-state index in [0.717, 1.165) is 0 Å². The molecule has 0 saturated heterocycles. The van der Waals surface area contributed by atoms with Crippen molar-refractivity contribution in [2.75, 3.05) is 19.4 Å². The third kappa shape index (κ3) is 8.37. The number of amides is 2. The first kappa shape index (κ1) is 34.7. The van der Waals surface area contributed by atoms with Gasteiger partial charge >= 0.3 is 0 Å². The average molecular weight is 645 g/mol. The Hall–Kier alpha value is -5.13. The number of benzene rings is 3. The van der Waals surface area contributed by atoms with Crippen LogP contribution in [0.5, 0.6) is 0 Å². The molecule has 1 aromatic heterocycles. The summed E-state index contributed by atoms with van der Waals surface area (Å²) in [4.78, 5) is 39.3. The first-order valence-electron chi connectivity index (χ1n) is 14.9. The zero-order valence-corrected chi connectivity index (χ0v) is 26.4. The molecule has 47 heavy (non-hydrogen) atoms. The van der Waals surface area contributed by atoms with Crippen LogP contribution in [0.3, 0.4) is 0 Å². The second kappa shape index (κ2) is 15.0. The Kier molecular flexibility index (Phi) is 11.1. The molecule has 3 N–H and O–H groups in total. The maximum atomic E-state index is 14.3. The predicted molar refractivity (Wildman–Crippen MR) is 173 cm³/mol. The number of aliphatic hydroxyl groups is 2. The lowest BCUT2D eigenvalue weighted by Gasteiger charge is -2.18. The Morgan fingerprint density at radius 3 is 2.02 bits per heavy atom. The summed E-state index contributed by atoms with van der Waals surface area (Å²) in [6, 6.07) is 17.3. The molecule has 0 fully saturated rings. The third-order valence-electron chi connectivity index (χ3n) is 7.41. The molecule has 0 aliphatic heterocycles. The van der Waals surface area contributed by atoms with Gasteiger partial charge in [-0.25, -0.2) is 8.78 Å². The van der Waals surface area contributed by atoms with Gasteiger partial charge in [0.2, 0.25) is 0 Å². The molecule has 0 unspecified atom stereocenters. The first-order chi connectivity index (χ1) is 22.3. The van der Waals surface area contributed by atoms with E-state index in [1.807, 2.05) is 13.8 Å². The van der Waals surface area contributed by atoms with Crippen LogP contribution in [-0.4, -0.2) is 63.8 Å². The van der Waals surface area contributed by atoms with Crippen LogP contribution in [0.4, 0.5) is 14.5 Å². The molecule has 0 saturated carbocycles. The van der Waals surface area contributed by atoms with Crippen LogP contribution in [0, 0.1) is 11.6 Å². The molecule has 3 aromatic carbocycles. The van der Waals surface area contributed by atoms with E-state index in [0.29, 0.717) is 39.2 Å². The summed E-state index contributed by atoms with van der Waals surface area (Å²) in [6.07, 6.45) is -0.668. The quantitative estimate of drug-likeness (QED) is 0.201. The number of hydrogen-bond acceptors (Lipinski definition) is 6. The molecule has 2 atom stereocenters. The molecule has 1 heterocycles. The molecule has 0 spiro atoms. The van der Waals surface area contributed by atoms with E-state index in [9.17, 15) is 38.5 Å². The lowest BCUT2D eigenvalue weighted by Crippen LogP contribution is -2.29. The topological polar surface area (TPSA) is 135 Å². The number of anilines is 1.